The predicted molar refractivity (Wildman–Crippen MR) is 78.3 cm³/mol. The number of hydrogen-bond donors (Lipinski definition) is 1. The van der Waals surface area contributed by atoms with Gasteiger partial charge in [0.2, 0.25) is 0 Å². The van der Waals surface area contributed by atoms with E-state index in [9.17, 15) is 8.78 Å². The van der Waals surface area contributed by atoms with Crippen LogP contribution in [0.5, 0.6) is 0 Å². The summed E-state index contributed by atoms with van der Waals surface area (Å²) in [5.41, 5.74) is 1.90. The van der Waals surface area contributed by atoms with Crippen LogP contribution < -0.4 is 10.2 Å². The van der Waals surface area contributed by atoms with Crippen LogP contribution in [0.25, 0.3) is 0 Å². The van der Waals surface area contributed by atoms with Crippen molar-refractivity contribution < 1.29 is 8.78 Å². The summed E-state index contributed by atoms with van der Waals surface area (Å²) >= 11 is 0. The summed E-state index contributed by atoms with van der Waals surface area (Å²) in [7, 11) is 3.55. The molecule has 0 heterocycles. The maximum absolute atomic E-state index is 14.2. The van der Waals surface area contributed by atoms with Crippen LogP contribution in [-0.2, 0) is 0 Å². The normalized spacial score (nSPS) is 12.2. The van der Waals surface area contributed by atoms with Crippen molar-refractivity contribution in [3.8, 4) is 0 Å². The van der Waals surface area contributed by atoms with Gasteiger partial charge in [0, 0.05) is 18.8 Å². The molecular weight excluding hydrogens is 258 g/mol. The standard InChI is InChI=1S/C16H18F2N2/c1-11(19-2)12-7-8-16(15(18)9-12)20(3)14-6-4-5-13(17)10-14/h4-11,19H,1-3H3. The summed E-state index contributed by atoms with van der Waals surface area (Å²) in [4.78, 5) is 1.63. The van der Waals surface area contributed by atoms with Gasteiger partial charge in [-0.3, -0.25) is 0 Å². The van der Waals surface area contributed by atoms with Crippen LogP contribution >= 0.6 is 0 Å². The van der Waals surface area contributed by atoms with E-state index in [1.165, 1.54) is 18.2 Å². The number of anilines is 2. The molecule has 0 saturated heterocycles. The molecule has 2 nitrogen and oxygen atoms in total. The molecule has 0 radical (unpaired) electrons. The molecule has 0 aliphatic carbocycles. The number of halogens is 2. The van der Waals surface area contributed by atoms with E-state index in [4.69, 9.17) is 0 Å². The highest BCUT2D eigenvalue weighted by atomic mass is 19.1. The zero-order valence-corrected chi connectivity index (χ0v) is 11.8. The number of nitrogens with zero attached hydrogens (tertiary/aromatic N) is 1. The van der Waals surface area contributed by atoms with Gasteiger partial charge in [0.1, 0.15) is 11.6 Å². The van der Waals surface area contributed by atoms with Crippen molar-refractivity contribution in [1.29, 1.82) is 0 Å². The smallest absolute Gasteiger partial charge is 0.147 e. The van der Waals surface area contributed by atoms with Gasteiger partial charge in [-0.25, -0.2) is 8.78 Å². The maximum Gasteiger partial charge on any atom is 0.147 e. The molecule has 0 aromatic heterocycles. The third-order valence-electron chi connectivity index (χ3n) is 3.46. The van der Waals surface area contributed by atoms with Crippen LogP contribution in [-0.4, -0.2) is 14.1 Å². The van der Waals surface area contributed by atoms with Gasteiger partial charge in [0.15, 0.2) is 0 Å². The number of rotatable bonds is 4. The molecule has 1 unspecified atom stereocenters. The SMILES string of the molecule is CNC(C)c1ccc(N(C)c2cccc(F)c2)c(F)c1. The van der Waals surface area contributed by atoms with Crippen LogP contribution in [0.1, 0.15) is 18.5 Å². The Hall–Kier alpha value is -1.94. The van der Waals surface area contributed by atoms with Crippen molar-refractivity contribution in [2.75, 3.05) is 19.0 Å². The van der Waals surface area contributed by atoms with Crippen molar-refractivity contribution in [3.63, 3.8) is 0 Å². The van der Waals surface area contributed by atoms with E-state index in [1.54, 1.807) is 30.1 Å². The first-order chi connectivity index (χ1) is 9.52. The first-order valence-electron chi connectivity index (χ1n) is 6.49. The Kier molecular flexibility index (Phi) is 4.35. The molecule has 20 heavy (non-hydrogen) atoms. The van der Waals surface area contributed by atoms with E-state index < -0.39 is 0 Å². The monoisotopic (exact) mass is 276 g/mol. The molecule has 0 bridgehead atoms. The minimum atomic E-state index is -0.338. The molecule has 0 saturated carbocycles. The molecule has 2 rings (SSSR count). The molecule has 1 atom stereocenters. The summed E-state index contributed by atoms with van der Waals surface area (Å²) in [6.45, 7) is 1.96. The third kappa shape index (κ3) is 2.96. The van der Waals surface area contributed by atoms with Crippen LogP contribution in [0.3, 0.4) is 0 Å². The highest BCUT2D eigenvalue weighted by Gasteiger charge is 2.12. The molecule has 2 aromatic rings. The van der Waals surface area contributed by atoms with Crippen LogP contribution in [0.15, 0.2) is 42.5 Å². The van der Waals surface area contributed by atoms with Gasteiger partial charge < -0.3 is 10.2 Å². The van der Waals surface area contributed by atoms with Crippen LogP contribution in [0.2, 0.25) is 0 Å². The fourth-order valence-corrected chi connectivity index (χ4v) is 2.06. The Balaban J connectivity index is 2.33. The second kappa shape index (κ2) is 6.01. The minimum absolute atomic E-state index is 0.0815. The molecular formula is C16H18F2N2. The summed E-state index contributed by atoms with van der Waals surface area (Å²) in [6.07, 6.45) is 0. The highest BCUT2D eigenvalue weighted by Crippen LogP contribution is 2.28. The minimum Gasteiger partial charge on any atom is -0.342 e. The van der Waals surface area contributed by atoms with Gasteiger partial charge in [-0.05, 0) is 49.9 Å². The molecule has 2 aromatic carbocycles. The summed E-state index contributed by atoms with van der Waals surface area (Å²) < 4.78 is 27.5. The lowest BCUT2D eigenvalue weighted by molar-refractivity contribution is 0.608. The lowest BCUT2D eigenvalue weighted by atomic mass is 10.1. The molecule has 0 spiro atoms. The van der Waals surface area contributed by atoms with E-state index in [1.807, 2.05) is 20.0 Å². The second-order valence-corrected chi connectivity index (χ2v) is 4.76. The largest absolute Gasteiger partial charge is 0.342 e. The number of hydrogen-bond acceptors (Lipinski definition) is 2. The van der Waals surface area contributed by atoms with Gasteiger partial charge in [0.05, 0.1) is 5.69 Å². The average molecular weight is 276 g/mol. The molecule has 0 aliphatic heterocycles. The number of benzene rings is 2. The summed E-state index contributed by atoms with van der Waals surface area (Å²) in [5.74, 6) is -0.661. The maximum atomic E-state index is 14.2. The van der Waals surface area contributed by atoms with Crippen molar-refractivity contribution >= 4 is 11.4 Å². The average Bonchev–Trinajstić information content (AvgIpc) is 2.45. The van der Waals surface area contributed by atoms with Crippen molar-refractivity contribution in [1.82, 2.24) is 5.32 Å². The lowest BCUT2D eigenvalue weighted by Gasteiger charge is -2.21. The Bertz CT molecular complexity index is 599. The molecule has 0 amide bonds. The Morgan fingerprint density at radius 3 is 2.45 bits per heavy atom. The number of nitrogens with one attached hydrogen (secondary N) is 1. The summed E-state index contributed by atoms with van der Waals surface area (Å²) in [6, 6.07) is 11.3. The van der Waals surface area contributed by atoms with Gasteiger partial charge in [-0.1, -0.05) is 12.1 Å². The molecule has 4 heteroatoms. The highest BCUT2D eigenvalue weighted by molar-refractivity contribution is 5.63. The van der Waals surface area contributed by atoms with Gasteiger partial charge in [0.25, 0.3) is 0 Å². The first kappa shape index (κ1) is 14.5. The predicted octanol–water partition coefficient (Wildman–Crippen LogP) is 4.01. The first-order valence-corrected chi connectivity index (χ1v) is 6.49. The zero-order chi connectivity index (χ0) is 14.7. The molecule has 0 fully saturated rings. The van der Waals surface area contributed by atoms with Gasteiger partial charge in [-0.15, -0.1) is 0 Å². The zero-order valence-electron chi connectivity index (χ0n) is 11.8. The summed E-state index contributed by atoms with van der Waals surface area (Å²) in [5, 5.41) is 3.07. The fraction of sp³-hybridized carbons (Fsp3) is 0.250. The Morgan fingerprint density at radius 1 is 1.10 bits per heavy atom. The van der Waals surface area contributed by atoms with Gasteiger partial charge in [-0.2, -0.15) is 0 Å². The van der Waals surface area contributed by atoms with E-state index in [2.05, 4.69) is 5.32 Å². The van der Waals surface area contributed by atoms with E-state index >= 15 is 0 Å². The molecule has 1 N–H and O–H groups in total. The Labute approximate surface area is 118 Å². The van der Waals surface area contributed by atoms with E-state index in [-0.39, 0.29) is 17.7 Å². The van der Waals surface area contributed by atoms with Crippen molar-refractivity contribution in [3.05, 3.63) is 59.7 Å². The van der Waals surface area contributed by atoms with Crippen molar-refractivity contribution in [2.24, 2.45) is 0 Å². The van der Waals surface area contributed by atoms with E-state index in [0.29, 0.717) is 11.4 Å². The fourth-order valence-electron chi connectivity index (χ4n) is 2.06. The third-order valence-corrected chi connectivity index (χ3v) is 3.46. The van der Waals surface area contributed by atoms with Crippen molar-refractivity contribution in [2.45, 2.75) is 13.0 Å². The van der Waals surface area contributed by atoms with Crippen LogP contribution in [0, 0.1) is 11.6 Å². The molecule has 0 aliphatic rings. The molecule has 106 valence electrons. The lowest BCUT2D eigenvalue weighted by Crippen LogP contribution is -2.15. The topological polar surface area (TPSA) is 15.3 Å². The second-order valence-electron chi connectivity index (χ2n) is 4.76. The van der Waals surface area contributed by atoms with Crippen LogP contribution in [0.4, 0.5) is 20.2 Å². The Morgan fingerprint density at radius 2 is 1.85 bits per heavy atom. The van der Waals surface area contributed by atoms with Gasteiger partial charge >= 0.3 is 0 Å². The quantitative estimate of drug-likeness (QED) is 0.907. The van der Waals surface area contributed by atoms with E-state index in [0.717, 1.165) is 5.56 Å².